The van der Waals surface area contributed by atoms with Crippen LogP contribution in [0.25, 0.3) is 0 Å². The van der Waals surface area contributed by atoms with Gasteiger partial charge in [-0.25, -0.2) is 4.98 Å². The van der Waals surface area contributed by atoms with E-state index in [1.807, 2.05) is 6.07 Å². The van der Waals surface area contributed by atoms with Crippen LogP contribution in [0.1, 0.15) is 60.9 Å². The molecule has 34 heavy (non-hydrogen) atoms. The third-order valence-electron chi connectivity index (χ3n) is 7.65. The highest BCUT2D eigenvalue weighted by molar-refractivity contribution is 5.60. The number of fused-ring (bicyclic) bond motifs is 5. The van der Waals surface area contributed by atoms with Gasteiger partial charge >= 0.3 is 6.18 Å². The van der Waals surface area contributed by atoms with Crippen LogP contribution in [-0.4, -0.2) is 53.3 Å². The summed E-state index contributed by atoms with van der Waals surface area (Å²) in [4.78, 5) is 10.6. The topological polar surface area (TPSA) is 74.3 Å². The Balaban J connectivity index is 1.25. The molecule has 3 aliphatic heterocycles. The maximum absolute atomic E-state index is 13.8. The number of hydrogen-bond acceptors (Lipinski definition) is 7. The number of aromatic nitrogens is 2. The Morgan fingerprint density at radius 1 is 1.03 bits per heavy atom. The van der Waals surface area contributed by atoms with Crippen LogP contribution in [0.3, 0.4) is 0 Å². The fourth-order valence-corrected chi connectivity index (χ4v) is 6.02. The van der Waals surface area contributed by atoms with Crippen LogP contribution < -0.4 is 16.0 Å². The van der Waals surface area contributed by atoms with Crippen molar-refractivity contribution in [2.24, 2.45) is 0 Å². The molecular formula is C24H29F3N6O. The van der Waals surface area contributed by atoms with E-state index in [0.29, 0.717) is 25.3 Å². The molecule has 6 rings (SSSR count). The molecule has 3 fully saturated rings. The fourth-order valence-electron chi connectivity index (χ4n) is 6.02. The minimum atomic E-state index is -4.54. The first-order valence-corrected chi connectivity index (χ1v) is 12.2. The van der Waals surface area contributed by atoms with E-state index in [4.69, 9.17) is 4.74 Å². The zero-order valence-corrected chi connectivity index (χ0v) is 18.9. The van der Waals surface area contributed by atoms with Gasteiger partial charge in [0, 0.05) is 49.1 Å². The minimum absolute atomic E-state index is 0.0939. The molecular weight excluding hydrogens is 445 g/mol. The van der Waals surface area contributed by atoms with E-state index in [9.17, 15) is 13.2 Å². The van der Waals surface area contributed by atoms with Crippen LogP contribution >= 0.6 is 0 Å². The van der Waals surface area contributed by atoms with Crippen LogP contribution in [-0.2, 0) is 10.9 Å². The summed E-state index contributed by atoms with van der Waals surface area (Å²) in [6, 6.07) is 6.94. The van der Waals surface area contributed by atoms with E-state index in [1.54, 1.807) is 0 Å². The van der Waals surface area contributed by atoms with Crippen molar-refractivity contribution in [3.63, 3.8) is 0 Å². The number of nitrogens with zero attached hydrogens (tertiary/aromatic N) is 3. The number of nitrogens with one attached hydrogen (secondary N) is 3. The second-order valence-corrected chi connectivity index (χ2v) is 9.67. The van der Waals surface area contributed by atoms with Crippen LogP contribution in [0, 0.1) is 0 Å². The number of hydrogen-bond donors (Lipinski definition) is 3. The smallest absolute Gasteiger partial charge is 0.379 e. The molecule has 7 nitrogen and oxygen atoms in total. The highest BCUT2D eigenvalue weighted by Crippen LogP contribution is 2.46. The van der Waals surface area contributed by atoms with Crippen LogP contribution in [0.5, 0.6) is 0 Å². The standard InChI is InChI=1S/C24H29F3N6O/c25-24(26,27)17-13-28-23(29-14-4-5-15-16(12-14)19-7-6-18(15)30-19)32-22(17)31-20-2-1-3-21(20)33-8-10-34-11-9-33/h4-5,12-13,18-21,30H,1-3,6-11H2,(H2,28,29,31,32)/t18?,19?,20-,21-/m1/s1. The van der Waals surface area contributed by atoms with E-state index in [0.717, 1.165) is 57.1 Å². The molecule has 0 radical (unpaired) electrons. The van der Waals surface area contributed by atoms with E-state index in [2.05, 4.69) is 43.0 Å². The first kappa shape index (κ1) is 22.1. The summed E-state index contributed by atoms with van der Waals surface area (Å²) in [5.41, 5.74) is 2.52. The lowest BCUT2D eigenvalue weighted by molar-refractivity contribution is -0.137. The Bertz CT molecular complexity index is 1060. The molecule has 2 unspecified atom stereocenters. The molecule has 182 valence electrons. The van der Waals surface area contributed by atoms with Gasteiger partial charge in [0.15, 0.2) is 0 Å². The molecule has 1 aromatic heterocycles. The predicted molar refractivity (Wildman–Crippen MR) is 122 cm³/mol. The Morgan fingerprint density at radius 2 is 1.82 bits per heavy atom. The molecule has 0 spiro atoms. The van der Waals surface area contributed by atoms with Gasteiger partial charge in [-0.3, -0.25) is 4.90 Å². The summed E-state index contributed by atoms with van der Waals surface area (Å²) in [5.74, 6) is 0.00419. The summed E-state index contributed by atoms with van der Waals surface area (Å²) >= 11 is 0. The number of halogens is 3. The number of anilines is 3. The van der Waals surface area contributed by atoms with Crippen molar-refractivity contribution < 1.29 is 17.9 Å². The molecule has 1 aliphatic carbocycles. The Kier molecular flexibility index (Phi) is 5.62. The molecule has 1 saturated carbocycles. The van der Waals surface area contributed by atoms with Gasteiger partial charge in [0.25, 0.3) is 0 Å². The molecule has 4 heterocycles. The molecule has 4 atom stereocenters. The second kappa shape index (κ2) is 8.66. The van der Waals surface area contributed by atoms with E-state index >= 15 is 0 Å². The molecule has 2 aromatic rings. The number of rotatable bonds is 5. The quantitative estimate of drug-likeness (QED) is 0.594. The average Bonchev–Trinajstić information content (AvgIpc) is 3.56. The van der Waals surface area contributed by atoms with Gasteiger partial charge in [0.1, 0.15) is 11.4 Å². The third kappa shape index (κ3) is 4.12. The van der Waals surface area contributed by atoms with Crippen LogP contribution in [0.2, 0.25) is 0 Å². The molecule has 2 saturated heterocycles. The summed E-state index contributed by atoms with van der Waals surface area (Å²) in [6.45, 7) is 2.94. The average molecular weight is 475 g/mol. The van der Waals surface area contributed by atoms with Crippen LogP contribution in [0.15, 0.2) is 24.4 Å². The monoisotopic (exact) mass is 474 g/mol. The first-order chi connectivity index (χ1) is 16.5. The second-order valence-electron chi connectivity index (χ2n) is 9.67. The third-order valence-corrected chi connectivity index (χ3v) is 7.65. The van der Waals surface area contributed by atoms with Crippen molar-refractivity contribution in [2.75, 3.05) is 36.9 Å². The van der Waals surface area contributed by atoms with E-state index in [-0.39, 0.29) is 23.8 Å². The lowest BCUT2D eigenvalue weighted by atomic mass is 9.91. The maximum atomic E-state index is 13.8. The Hall–Kier alpha value is -2.43. The van der Waals surface area contributed by atoms with E-state index < -0.39 is 11.7 Å². The van der Waals surface area contributed by atoms with Crippen molar-refractivity contribution in [3.05, 3.63) is 41.1 Å². The minimum Gasteiger partial charge on any atom is -0.379 e. The largest absolute Gasteiger partial charge is 0.421 e. The lowest BCUT2D eigenvalue weighted by Crippen LogP contribution is -2.49. The van der Waals surface area contributed by atoms with Crippen molar-refractivity contribution >= 4 is 17.5 Å². The van der Waals surface area contributed by atoms with Gasteiger partial charge in [-0.05, 0) is 55.4 Å². The Morgan fingerprint density at radius 3 is 2.62 bits per heavy atom. The number of benzene rings is 1. The summed E-state index contributed by atoms with van der Waals surface area (Å²) in [6.07, 6.45) is 1.35. The molecule has 1 aromatic carbocycles. The van der Waals surface area contributed by atoms with Gasteiger partial charge in [-0.15, -0.1) is 0 Å². The number of ether oxygens (including phenoxy) is 1. The van der Waals surface area contributed by atoms with Crippen molar-refractivity contribution in [1.29, 1.82) is 0 Å². The van der Waals surface area contributed by atoms with Gasteiger partial charge in [-0.2, -0.15) is 18.2 Å². The fraction of sp³-hybridized carbons (Fsp3) is 0.583. The lowest BCUT2D eigenvalue weighted by Gasteiger charge is -2.36. The molecule has 0 amide bonds. The molecule has 4 aliphatic rings. The first-order valence-electron chi connectivity index (χ1n) is 12.2. The van der Waals surface area contributed by atoms with Crippen LogP contribution in [0.4, 0.5) is 30.6 Å². The molecule has 3 N–H and O–H groups in total. The SMILES string of the molecule is FC(F)(F)c1cnc(Nc2ccc3c(c2)C2CCC3N2)nc1N[C@@H]1CCC[C@H]1N1CCOCC1. The van der Waals surface area contributed by atoms with Gasteiger partial charge in [0.05, 0.1) is 13.2 Å². The summed E-state index contributed by atoms with van der Waals surface area (Å²) < 4.78 is 46.8. The highest BCUT2D eigenvalue weighted by atomic mass is 19.4. The highest BCUT2D eigenvalue weighted by Gasteiger charge is 2.39. The van der Waals surface area contributed by atoms with Gasteiger partial charge in [0.2, 0.25) is 5.95 Å². The van der Waals surface area contributed by atoms with Crippen molar-refractivity contribution in [2.45, 2.75) is 62.4 Å². The zero-order chi connectivity index (χ0) is 23.3. The number of alkyl halides is 3. The van der Waals surface area contributed by atoms with Gasteiger partial charge in [-0.1, -0.05) is 6.07 Å². The molecule has 10 heteroatoms. The molecule has 2 bridgehead atoms. The van der Waals surface area contributed by atoms with Gasteiger partial charge < -0.3 is 20.7 Å². The predicted octanol–water partition coefficient (Wildman–Crippen LogP) is 4.38. The number of morpholine rings is 1. The van der Waals surface area contributed by atoms with E-state index in [1.165, 1.54) is 11.1 Å². The maximum Gasteiger partial charge on any atom is 0.421 e. The Labute approximate surface area is 196 Å². The summed E-state index contributed by atoms with van der Waals surface area (Å²) in [5, 5.41) is 9.86. The zero-order valence-electron chi connectivity index (χ0n) is 18.9. The summed E-state index contributed by atoms with van der Waals surface area (Å²) in [7, 11) is 0. The van der Waals surface area contributed by atoms with Crippen molar-refractivity contribution in [3.8, 4) is 0 Å². The van der Waals surface area contributed by atoms with Crippen molar-refractivity contribution in [1.82, 2.24) is 20.2 Å². The normalized spacial score (nSPS) is 28.8.